The van der Waals surface area contributed by atoms with E-state index in [0.717, 1.165) is 16.7 Å². The second-order valence-electron chi connectivity index (χ2n) is 9.43. The summed E-state index contributed by atoms with van der Waals surface area (Å²) in [7, 11) is 0. The third-order valence-corrected chi connectivity index (χ3v) is 6.54. The maximum absolute atomic E-state index is 13.3. The molecule has 0 atom stereocenters. The van der Waals surface area contributed by atoms with Crippen molar-refractivity contribution in [2.45, 2.75) is 51.9 Å². The molecule has 3 aromatic carbocycles. The van der Waals surface area contributed by atoms with Crippen molar-refractivity contribution in [1.29, 1.82) is 0 Å². The van der Waals surface area contributed by atoms with Crippen LogP contribution in [0.25, 0.3) is 11.1 Å². The highest BCUT2D eigenvalue weighted by molar-refractivity contribution is 5.78. The highest BCUT2D eigenvalue weighted by atomic mass is 19.1. The summed E-state index contributed by atoms with van der Waals surface area (Å²) in [5.41, 5.74) is 3.02. The standard InChI is InChI=1S/C31H33FO8/c1-2-20-18-24(21-7-9-22(32)10-8-21)25(33)19-28(20)39-17-5-16-37-26-12-13-27(38-15-4-3-6-29(34)35)31-23(26)11-14-30(36)40-31/h7-10,12-13,18-19,33H,2-6,11,14-17H2,1H3,(H,34,35). The van der Waals surface area contributed by atoms with Crippen molar-refractivity contribution in [2.75, 3.05) is 19.8 Å². The van der Waals surface area contributed by atoms with Crippen molar-refractivity contribution in [3.63, 3.8) is 0 Å². The number of halogens is 1. The van der Waals surface area contributed by atoms with E-state index in [0.29, 0.717) is 80.5 Å². The average molecular weight is 553 g/mol. The molecule has 0 aliphatic carbocycles. The van der Waals surface area contributed by atoms with E-state index in [1.165, 1.54) is 12.1 Å². The molecule has 2 N–H and O–H groups in total. The minimum Gasteiger partial charge on any atom is -0.507 e. The van der Waals surface area contributed by atoms with Crippen molar-refractivity contribution in [3.05, 3.63) is 65.5 Å². The zero-order chi connectivity index (χ0) is 28.5. The molecule has 212 valence electrons. The van der Waals surface area contributed by atoms with Crippen molar-refractivity contribution in [3.8, 4) is 39.9 Å². The summed E-state index contributed by atoms with van der Waals surface area (Å²) in [5, 5.41) is 19.3. The van der Waals surface area contributed by atoms with Gasteiger partial charge in [0, 0.05) is 30.0 Å². The van der Waals surface area contributed by atoms with E-state index in [9.17, 15) is 19.1 Å². The van der Waals surface area contributed by atoms with Crippen molar-refractivity contribution < 1.29 is 43.1 Å². The minimum absolute atomic E-state index is 0.0560. The fourth-order valence-electron chi connectivity index (χ4n) is 4.45. The first-order valence-corrected chi connectivity index (χ1v) is 13.4. The van der Waals surface area contributed by atoms with E-state index in [-0.39, 0.29) is 30.4 Å². The van der Waals surface area contributed by atoms with Crippen LogP contribution in [0.2, 0.25) is 0 Å². The number of phenolic OH excluding ortho intramolecular Hbond substituents is 1. The van der Waals surface area contributed by atoms with Crippen LogP contribution < -0.4 is 18.9 Å². The summed E-state index contributed by atoms with van der Waals surface area (Å²) in [4.78, 5) is 22.6. The van der Waals surface area contributed by atoms with Gasteiger partial charge in [0.1, 0.15) is 23.1 Å². The molecule has 1 heterocycles. The first-order valence-electron chi connectivity index (χ1n) is 13.4. The number of hydrogen-bond donors (Lipinski definition) is 2. The van der Waals surface area contributed by atoms with Gasteiger partial charge in [0.05, 0.1) is 26.2 Å². The van der Waals surface area contributed by atoms with Crippen LogP contribution in [-0.2, 0) is 22.4 Å². The van der Waals surface area contributed by atoms with Crippen molar-refractivity contribution in [2.24, 2.45) is 0 Å². The lowest BCUT2D eigenvalue weighted by Gasteiger charge is -2.22. The quantitative estimate of drug-likeness (QED) is 0.140. The van der Waals surface area contributed by atoms with Crippen molar-refractivity contribution in [1.82, 2.24) is 0 Å². The van der Waals surface area contributed by atoms with Crippen molar-refractivity contribution >= 4 is 11.9 Å². The van der Waals surface area contributed by atoms with Gasteiger partial charge in [-0.2, -0.15) is 0 Å². The van der Waals surface area contributed by atoms with E-state index in [1.54, 1.807) is 30.3 Å². The molecule has 0 saturated carbocycles. The van der Waals surface area contributed by atoms with Crippen LogP contribution >= 0.6 is 0 Å². The average Bonchev–Trinajstić information content (AvgIpc) is 2.93. The Kier molecular flexibility index (Phi) is 9.83. The number of carbonyl (C=O) groups excluding carboxylic acids is 1. The molecule has 40 heavy (non-hydrogen) atoms. The highest BCUT2D eigenvalue weighted by Crippen LogP contribution is 2.41. The zero-order valence-corrected chi connectivity index (χ0v) is 22.4. The SMILES string of the molecule is CCc1cc(-c2ccc(F)cc2)c(O)cc1OCCCOc1ccc(OCCCCC(=O)O)c2c1CCC(=O)O2. The lowest BCUT2D eigenvalue weighted by Crippen LogP contribution is -2.18. The summed E-state index contributed by atoms with van der Waals surface area (Å²) < 4.78 is 36.5. The van der Waals surface area contributed by atoms with E-state index < -0.39 is 5.97 Å². The first-order chi connectivity index (χ1) is 19.4. The first kappa shape index (κ1) is 28.7. The number of carbonyl (C=O) groups is 2. The molecular formula is C31H33FO8. The van der Waals surface area contributed by atoms with Gasteiger partial charge in [-0.05, 0) is 67.1 Å². The van der Waals surface area contributed by atoms with Crippen LogP contribution in [-0.4, -0.2) is 42.0 Å². The third kappa shape index (κ3) is 7.43. The van der Waals surface area contributed by atoms with Gasteiger partial charge in [-0.1, -0.05) is 19.1 Å². The van der Waals surface area contributed by atoms with Gasteiger partial charge >= 0.3 is 11.9 Å². The Hall–Kier alpha value is -4.27. The largest absolute Gasteiger partial charge is 0.507 e. The number of aliphatic carboxylic acids is 1. The number of unbranched alkanes of at least 4 members (excludes halogenated alkanes) is 1. The Labute approximate surface area is 232 Å². The van der Waals surface area contributed by atoms with Gasteiger partial charge in [0.25, 0.3) is 0 Å². The highest BCUT2D eigenvalue weighted by Gasteiger charge is 2.25. The molecule has 0 saturated heterocycles. The van der Waals surface area contributed by atoms with E-state index in [4.69, 9.17) is 24.1 Å². The van der Waals surface area contributed by atoms with Crippen LogP contribution in [0.3, 0.4) is 0 Å². The Morgan fingerprint density at radius 2 is 1.57 bits per heavy atom. The van der Waals surface area contributed by atoms with Gasteiger partial charge in [-0.15, -0.1) is 0 Å². The molecule has 8 nitrogen and oxygen atoms in total. The molecular weight excluding hydrogens is 519 g/mol. The maximum atomic E-state index is 13.3. The predicted octanol–water partition coefficient (Wildman–Crippen LogP) is 6.09. The van der Waals surface area contributed by atoms with E-state index >= 15 is 0 Å². The second-order valence-corrected chi connectivity index (χ2v) is 9.43. The molecule has 0 radical (unpaired) electrons. The molecule has 0 amide bonds. The topological polar surface area (TPSA) is 112 Å². The lowest BCUT2D eigenvalue weighted by atomic mass is 10.00. The molecule has 0 aromatic heterocycles. The predicted molar refractivity (Wildman–Crippen MR) is 146 cm³/mol. The smallest absolute Gasteiger partial charge is 0.311 e. The van der Waals surface area contributed by atoms with Crippen LogP contribution in [0, 0.1) is 5.82 Å². The van der Waals surface area contributed by atoms with E-state index in [1.807, 2.05) is 13.0 Å². The van der Waals surface area contributed by atoms with Gasteiger partial charge in [-0.25, -0.2) is 4.39 Å². The molecule has 0 unspecified atom stereocenters. The normalized spacial score (nSPS) is 12.4. The molecule has 3 aromatic rings. The summed E-state index contributed by atoms with van der Waals surface area (Å²) in [6, 6.07) is 12.9. The van der Waals surface area contributed by atoms with Crippen LogP contribution in [0.4, 0.5) is 4.39 Å². The lowest BCUT2D eigenvalue weighted by molar-refractivity contribution is -0.137. The Morgan fingerprint density at radius 1 is 0.900 bits per heavy atom. The van der Waals surface area contributed by atoms with E-state index in [2.05, 4.69) is 0 Å². The molecule has 1 aliphatic rings. The number of fused-ring (bicyclic) bond motifs is 1. The number of carboxylic acids is 1. The van der Waals surface area contributed by atoms with Crippen LogP contribution in [0.5, 0.6) is 28.7 Å². The Bertz CT molecular complexity index is 1340. The number of phenols is 1. The number of carboxylic acid groups (broad SMARTS) is 1. The maximum Gasteiger partial charge on any atom is 0.311 e. The number of rotatable bonds is 14. The van der Waals surface area contributed by atoms with Crippen LogP contribution in [0.15, 0.2) is 48.5 Å². The van der Waals surface area contributed by atoms with Gasteiger partial charge in [0.15, 0.2) is 11.5 Å². The summed E-state index contributed by atoms with van der Waals surface area (Å²) in [6.45, 7) is 3.03. The van der Waals surface area contributed by atoms with Gasteiger partial charge in [-0.3, -0.25) is 9.59 Å². The fourth-order valence-corrected chi connectivity index (χ4v) is 4.45. The molecule has 0 fully saturated rings. The second kappa shape index (κ2) is 13.7. The summed E-state index contributed by atoms with van der Waals surface area (Å²) in [5.74, 6) is 0.516. The van der Waals surface area contributed by atoms with Crippen LogP contribution in [0.1, 0.15) is 50.2 Å². The Morgan fingerprint density at radius 3 is 2.30 bits per heavy atom. The number of benzene rings is 3. The zero-order valence-electron chi connectivity index (χ0n) is 22.4. The number of ether oxygens (including phenoxy) is 4. The monoisotopic (exact) mass is 552 g/mol. The third-order valence-electron chi connectivity index (χ3n) is 6.54. The fraction of sp³-hybridized carbons (Fsp3) is 0.355. The number of aryl methyl sites for hydroxylation is 1. The number of hydrogen-bond acceptors (Lipinski definition) is 7. The number of aromatic hydroxyl groups is 1. The molecule has 4 rings (SSSR count). The number of esters is 1. The Balaban J connectivity index is 1.33. The molecule has 0 spiro atoms. The van der Waals surface area contributed by atoms with Gasteiger partial charge in [0.2, 0.25) is 0 Å². The molecule has 0 bridgehead atoms. The molecule has 9 heteroatoms. The summed E-state index contributed by atoms with van der Waals surface area (Å²) in [6.07, 6.45) is 3.12. The summed E-state index contributed by atoms with van der Waals surface area (Å²) >= 11 is 0. The molecule has 1 aliphatic heterocycles. The minimum atomic E-state index is -0.845. The van der Waals surface area contributed by atoms with Gasteiger partial charge < -0.3 is 29.2 Å².